The third-order valence-electron chi connectivity index (χ3n) is 2.77. The molecule has 0 aromatic heterocycles. The van der Waals surface area contributed by atoms with E-state index >= 15 is 0 Å². The molecule has 1 aromatic rings. The second-order valence-electron chi connectivity index (χ2n) is 3.88. The summed E-state index contributed by atoms with van der Waals surface area (Å²) in [5.74, 6) is 0.0620. The molecule has 0 saturated carbocycles. The number of hydrogen-bond donors (Lipinski definition) is 1. The van der Waals surface area contributed by atoms with Crippen LogP contribution in [0.5, 0.6) is 5.75 Å². The van der Waals surface area contributed by atoms with Crippen molar-refractivity contribution in [3.63, 3.8) is 0 Å². The Balaban J connectivity index is 2.64. The van der Waals surface area contributed by atoms with Crippen LogP contribution in [0.25, 0.3) is 0 Å². The standard InChI is InChI=1S/C13H19BrN2O2/c1-3-16(4-2)7-8-18-12-6-5-10(14)9-11(12)13(15)17/h5-6,9H,3-4,7-8H2,1-2H3,(H2,15,17). The minimum Gasteiger partial charge on any atom is -0.491 e. The first-order valence-corrected chi connectivity index (χ1v) is 6.82. The molecule has 0 spiro atoms. The predicted molar refractivity (Wildman–Crippen MR) is 75.9 cm³/mol. The largest absolute Gasteiger partial charge is 0.491 e. The molecule has 1 rings (SSSR count). The molecule has 5 heteroatoms. The van der Waals surface area contributed by atoms with Crippen LogP contribution < -0.4 is 10.5 Å². The maximum Gasteiger partial charge on any atom is 0.252 e. The topological polar surface area (TPSA) is 55.6 Å². The van der Waals surface area contributed by atoms with Gasteiger partial charge in [-0.15, -0.1) is 0 Å². The number of likely N-dealkylation sites (N-methyl/N-ethyl adjacent to an activating group) is 1. The highest BCUT2D eigenvalue weighted by molar-refractivity contribution is 9.10. The summed E-state index contributed by atoms with van der Waals surface area (Å²) in [6.07, 6.45) is 0. The molecule has 4 nitrogen and oxygen atoms in total. The molecule has 1 amide bonds. The Labute approximate surface area is 116 Å². The number of halogens is 1. The lowest BCUT2D eigenvalue weighted by Crippen LogP contribution is -2.28. The number of nitrogens with two attached hydrogens (primary N) is 1. The fourth-order valence-electron chi connectivity index (χ4n) is 1.65. The molecule has 0 radical (unpaired) electrons. The van der Waals surface area contributed by atoms with Crippen molar-refractivity contribution >= 4 is 21.8 Å². The fourth-order valence-corrected chi connectivity index (χ4v) is 2.01. The van der Waals surface area contributed by atoms with Crippen molar-refractivity contribution in [3.8, 4) is 5.75 Å². The summed E-state index contributed by atoms with van der Waals surface area (Å²) in [4.78, 5) is 13.5. The van der Waals surface area contributed by atoms with Gasteiger partial charge in [0.1, 0.15) is 12.4 Å². The molecule has 100 valence electrons. The van der Waals surface area contributed by atoms with Gasteiger partial charge in [0.25, 0.3) is 5.91 Å². The van der Waals surface area contributed by atoms with Gasteiger partial charge in [-0.3, -0.25) is 4.79 Å². The Kier molecular flexibility index (Phi) is 6.15. The molecule has 0 aliphatic carbocycles. The van der Waals surface area contributed by atoms with Crippen molar-refractivity contribution < 1.29 is 9.53 Å². The molecule has 2 N–H and O–H groups in total. The maximum atomic E-state index is 11.3. The lowest BCUT2D eigenvalue weighted by atomic mass is 10.2. The smallest absolute Gasteiger partial charge is 0.252 e. The van der Waals surface area contributed by atoms with Crippen LogP contribution in [0.1, 0.15) is 24.2 Å². The number of carbonyl (C=O) groups excluding carboxylic acids is 1. The van der Waals surface area contributed by atoms with E-state index in [4.69, 9.17) is 10.5 Å². The van der Waals surface area contributed by atoms with E-state index in [0.717, 1.165) is 24.1 Å². The van der Waals surface area contributed by atoms with E-state index in [-0.39, 0.29) is 0 Å². The summed E-state index contributed by atoms with van der Waals surface area (Å²) in [7, 11) is 0. The zero-order valence-corrected chi connectivity index (χ0v) is 12.4. The average Bonchev–Trinajstić information content (AvgIpc) is 2.36. The Hall–Kier alpha value is -1.07. The quantitative estimate of drug-likeness (QED) is 0.840. The Bertz CT molecular complexity index is 406. The van der Waals surface area contributed by atoms with Crippen molar-refractivity contribution in [1.29, 1.82) is 0 Å². The van der Waals surface area contributed by atoms with Gasteiger partial charge in [-0.25, -0.2) is 0 Å². The van der Waals surface area contributed by atoms with E-state index in [1.807, 2.05) is 6.07 Å². The zero-order chi connectivity index (χ0) is 13.5. The molecule has 1 aromatic carbocycles. The van der Waals surface area contributed by atoms with E-state index in [2.05, 4.69) is 34.7 Å². The van der Waals surface area contributed by atoms with Gasteiger partial charge in [0, 0.05) is 11.0 Å². The van der Waals surface area contributed by atoms with Crippen molar-refractivity contribution in [2.45, 2.75) is 13.8 Å². The van der Waals surface area contributed by atoms with E-state index in [1.54, 1.807) is 12.1 Å². The van der Waals surface area contributed by atoms with Crippen LogP contribution in [0.2, 0.25) is 0 Å². The lowest BCUT2D eigenvalue weighted by molar-refractivity contribution is 0.0995. The van der Waals surface area contributed by atoms with E-state index in [0.29, 0.717) is 17.9 Å². The minimum atomic E-state index is -0.478. The number of primary amides is 1. The van der Waals surface area contributed by atoms with Crippen LogP contribution in [0.4, 0.5) is 0 Å². The Morgan fingerprint density at radius 3 is 2.61 bits per heavy atom. The summed E-state index contributed by atoms with van der Waals surface area (Å²) in [6.45, 7) is 7.58. The van der Waals surface area contributed by atoms with Gasteiger partial charge < -0.3 is 15.4 Å². The molecular formula is C13H19BrN2O2. The van der Waals surface area contributed by atoms with Crippen LogP contribution >= 0.6 is 15.9 Å². The lowest BCUT2D eigenvalue weighted by Gasteiger charge is -2.18. The summed E-state index contributed by atoms with van der Waals surface area (Å²) in [6, 6.07) is 5.26. The Morgan fingerprint density at radius 1 is 1.39 bits per heavy atom. The normalized spacial score (nSPS) is 10.7. The molecule has 0 fully saturated rings. The number of ether oxygens (including phenoxy) is 1. The van der Waals surface area contributed by atoms with Crippen LogP contribution in [-0.4, -0.2) is 37.0 Å². The first-order valence-electron chi connectivity index (χ1n) is 6.03. The van der Waals surface area contributed by atoms with Gasteiger partial charge in [0.2, 0.25) is 0 Å². The molecule has 0 bridgehead atoms. The van der Waals surface area contributed by atoms with Gasteiger partial charge >= 0.3 is 0 Å². The summed E-state index contributed by atoms with van der Waals surface area (Å²) in [5, 5.41) is 0. The third kappa shape index (κ3) is 4.31. The predicted octanol–water partition coefficient (Wildman–Crippen LogP) is 2.27. The van der Waals surface area contributed by atoms with Gasteiger partial charge in [-0.1, -0.05) is 29.8 Å². The summed E-state index contributed by atoms with van der Waals surface area (Å²) < 4.78 is 6.44. The van der Waals surface area contributed by atoms with Crippen LogP contribution in [0.3, 0.4) is 0 Å². The summed E-state index contributed by atoms with van der Waals surface area (Å²) >= 11 is 3.31. The van der Waals surface area contributed by atoms with Crippen molar-refractivity contribution in [2.24, 2.45) is 5.73 Å². The van der Waals surface area contributed by atoms with Crippen LogP contribution in [0, 0.1) is 0 Å². The molecule has 0 aliphatic rings. The van der Waals surface area contributed by atoms with Crippen molar-refractivity contribution in [3.05, 3.63) is 28.2 Å². The van der Waals surface area contributed by atoms with Gasteiger partial charge in [-0.2, -0.15) is 0 Å². The molecule has 0 unspecified atom stereocenters. The number of carbonyl (C=O) groups is 1. The highest BCUT2D eigenvalue weighted by Crippen LogP contribution is 2.22. The monoisotopic (exact) mass is 314 g/mol. The minimum absolute atomic E-state index is 0.406. The molecule has 0 saturated heterocycles. The fraction of sp³-hybridized carbons (Fsp3) is 0.462. The maximum absolute atomic E-state index is 11.3. The average molecular weight is 315 g/mol. The van der Waals surface area contributed by atoms with Gasteiger partial charge in [-0.05, 0) is 31.3 Å². The van der Waals surface area contributed by atoms with Crippen LogP contribution in [-0.2, 0) is 0 Å². The van der Waals surface area contributed by atoms with Gasteiger partial charge in [0.15, 0.2) is 0 Å². The van der Waals surface area contributed by atoms with E-state index in [9.17, 15) is 4.79 Å². The highest BCUT2D eigenvalue weighted by Gasteiger charge is 2.10. The third-order valence-corrected chi connectivity index (χ3v) is 3.26. The molecule has 0 heterocycles. The SMILES string of the molecule is CCN(CC)CCOc1ccc(Br)cc1C(N)=O. The number of amides is 1. The zero-order valence-electron chi connectivity index (χ0n) is 10.8. The summed E-state index contributed by atoms with van der Waals surface area (Å²) in [5.41, 5.74) is 5.72. The first-order chi connectivity index (χ1) is 8.58. The van der Waals surface area contributed by atoms with Gasteiger partial charge in [0.05, 0.1) is 5.56 Å². The molecule has 0 atom stereocenters. The van der Waals surface area contributed by atoms with Crippen molar-refractivity contribution in [1.82, 2.24) is 4.90 Å². The molecular weight excluding hydrogens is 296 g/mol. The van der Waals surface area contributed by atoms with E-state index < -0.39 is 5.91 Å². The molecule has 18 heavy (non-hydrogen) atoms. The first kappa shape index (κ1) is 15.0. The number of benzene rings is 1. The number of hydrogen-bond acceptors (Lipinski definition) is 3. The highest BCUT2D eigenvalue weighted by atomic mass is 79.9. The number of rotatable bonds is 7. The molecule has 0 aliphatic heterocycles. The van der Waals surface area contributed by atoms with Crippen molar-refractivity contribution in [2.75, 3.05) is 26.2 Å². The second-order valence-corrected chi connectivity index (χ2v) is 4.80. The van der Waals surface area contributed by atoms with E-state index in [1.165, 1.54) is 0 Å². The number of nitrogens with zero attached hydrogens (tertiary/aromatic N) is 1. The Morgan fingerprint density at radius 2 is 2.06 bits per heavy atom. The second kappa shape index (κ2) is 7.38. The van der Waals surface area contributed by atoms with Crippen LogP contribution in [0.15, 0.2) is 22.7 Å².